The highest BCUT2D eigenvalue weighted by atomic mass is 31.1. The topological polar surface area (TPSA) is 84.0 Å². The molecule has 2 saturated heterocycles. The van der Waals surface area contributed by atoms with Crippen molar-refractivity contribution in [3.8, 4) is 0 Å². The smallest absolute Gasteiger partial charge is 0.320 e. The van der Waals surface area contributed by atoms with Gasteiger partial charge >= 0.3 is 8.03 Å². The van der Waals surface area contributed by atoms with Crippen LogP contribution in [0, 0.1) is 0 Å². The first-order valence-electron chi connectivity index (χ1n) is 5.72. The second-order valence-electron chi connectivity index (χ2n) is 5.03. The summed E-state index contributed by atoms with van der Waals surface area (Å²) in [6, 6.07) is 0. The van der Waals surface area contributed by atoms with Crippen LogP contribution in [0.1, 0.15) is 13.8 Å². The van der Waals surface area contributed by atoms with Crippen molar-refractivity contribution in [3.05, 3.63) is 0 Å². The Kier molecular flexibility index (Phi) is 3.40. The highest BCUT2D eigenvalue weighted by molar-refractivity contribution is 7.38. The number of fused-ring (bicyclic) bond motifs is 2. The van der Waals surface area contributed by atoms with Gasteiger partial charge in [-0.1, -0.05) is 4.57 Å². The van der Waals surface area contributed by atoms with Gasteiger partial charge in [-0.15, -0.1) is 0 Å². The minimum absolute atomic E-state index is 0.141. The maximum atomic E-state index is 11.6. The van der Waals surface area contributed by atoms with E-state index in [1.807, 2.05) is 4.90 Å². The van der Waals surface area contributed by atoms with Crippen molar-refractivity contribution < 1.29 is 19.0 Å². The number of amides is 2. The van der Waals surface area contributed by atoms with E-state index in [2.05, 4.69) is 0 Å². The minimum atomic E-state index is -2.71. The monoisotopic (exact) mass is 273 g/mol. The molecule has 2 heterocycles. The fraction of sp³-hybridized carbons (Fsp3) is 0.800. The van der Waals surface area contributed by atoms with Gasteiger partial charge in [-0.25, -0.2) is 0 Å². The first-order valence-corrected chi connectivity index (χ1v) is 6.90. The van der Waals surface area contributed by atoms with Crippen LogP contribution in [0.3, 0.4) is 0 Å². The molecule has 2 rings (SSSR count). The van der Waals surface area contributed by atoms with Crippen molar-refractivity contribution in [1.29, 1.82) is 0 Å². The normalized spacial score (nSPS) is 32.2. The van der Waals surface area contributed by atoms with E-state index in [4.69, 9.17) is 0 Å². The van der Waals surface area contributed by atoms with Gasteiger partial charge in [0, 0.05) is 13.8 Å². The summed E-state index contributed by atoms with van der Waals surface area (Å²) in [5.74, 6) is -0.283. The number of nitrogens with zero attached hydrogens (tertiary/aromatic N) is 3. The van der Waals surface area contributed by atoms with E-state index >= 15 is 0 Å². The lowest BCUT2D eigenvalue weighted by Gasteiger charge is -2.49. The SMILES string of the molecule is CC(=O)N1CN2CN(C(C)=O)CC([P+](=O)[O-])(C2)C1. The minimum Gasteiger partial charge on any atom is -0.595 e. The molecule has 7 nitrogen and oxygen atoms in total. The zero-order chi connectivity index (χ0) is 13.5. The van der Waals surface area contributed by atoms with Crippen molar-refractivity contribution in [2.24, 2.45) is 0 Å². The lowest BCUT2D eigenvalue weighted by Crippen LogP contribution is -2.69. The van der Waals surface area contributed by atoms with Crippen molar-refractivity contribution in [1.82, 2.24) is 14.7 Å². The predicted octanol–water partition coefficient (Wildman–Crippen LogP) is -1.23. The van der Waals surface area contributed by atoms with Crippen LogP contribution in [0.4, 0.5) is 0 Å². The van der Waals surface area contributed by atoms with Crippen LogP contribution in [0.25, 0.3) is 0 Å². The summed E-state index contributed by atoms with van der Waals surface area (Å²) in [5, 5.41) is -1.02. The van der Waals surface area contributed by atoms with Crippen LogP contribution in [0.2, 0.25) is 0 Å². The summed E-state index contributed by atoms with van der Waals surface area (Å²) in [5.41, 5.74) is 0. The summed E-state index contributed by atoms with van der Waals surface area (Å²) in [7, 11) is -2.71. The van der Waals surface area contributed by atoms with Gasteiger partial charge in [-0.3, -0.25) is 14.5 Å². The lowest BCUT2D eigenvalue weighted by atomic mass is 10.0. The van der Waals surface area contributed by atoms with Crippen molar-refractivity contribution >= 4 is 19.8 Å². The Balaban J connectivity index is 2.28. The molecule has 100 valence electrons. The Morgan fingerprint density at radius 1 is 1.06 bits per heavy atom. The fourth-order valence-corrected chi connectivity index (χ4v) is 3.49. The van der Waals surface area contributed by atoms with Crippen molar-refractivity contribution in [3.63, 3.8) is 0 Å². The molecule has 0 saturated carbocycles. The summed E-state index contributed by atoms with van der Waals surface area (Å²) >= 11 is 0. The third-order valence-electron chi connectivity index (χ3n) is 3.51. The van der Waals surface area contributed by atoms with E-state index in [1.54, 1.807) is 0 Å². The van der Waals surface area contributed by atoms with E-state index in [0.717, 1.165) is 0 Å². The number of rotatable bonds is 1. The standard InChI is InChI=1S/C10H16N3O4P/c1-8(14)12-4-10(18(16)17)3-11(6-12)7-13(5-10)9(2)15/h3-7H2,1-2H3. The van der Waals surface area contributed by atoms with Gasteiger partial charge < -0.3 is 14.7 Å². The molecule has 18 heavy (non-hydrogen) atoms. The average molecular weight is 273 g/mol. The first kappa shape index (κ1) is 13.4. The quantitative estimate of drug-likeness (QED) is 0.558. The Morgan fingerprint density at radius 2 is 1.50 bits per heavy atom. The number of carbonyl (C=O) groups excluding carboxylic acids is 2. The molecule has 8 heteroatoms. The van der Waals surface area contributed by atoms with Crippen LogP contribution in [0.5, 0.6) is 0 Å². The molecular formula is C10H16N3O4P. The molecule has 2 fully saturated rings. The Morgan fingerprint density at radius 3 is 1.83 bits per heavy atom. The van der Waals surface area contributed by atoms with Crippen molar-refractivity contribution in [2.45, 2.75) is 19.0 Å². The van der Waals surface area contributed by atoms with E-state index in [1.165, 1.54) is 23.6 Å². The average Bonchev–Trinajstić information content (AvgIpc) is 2.27. The van der Waals surface area contributed by atoms with Gasteiger partial charge in [0.25, 0.3) is 0 Å². The highest BCUT2D eigenvalue weighted by Crippen LogP contribution is 2.39. The first-order chi connectivity index (χ1) is 8.34. The van der Waals surface area contributed by atoms with Crippen LogP contribution < -0.4 is 4.89 Å². The number of hydrogen-bond acceptors (Lipinski definition) is 5. The molecule has 0 spiro atoms. The Hall–Kier alpha value is -1.04. The van der Waals surface area contributed by atoms with Crippen LogP contribution >= 0.6 is 8.03 Å². The van der Waals surface area contributed by atoms with Gasteiger partial charge in [-0.2, -0.15) is 0 Å². The van der Waals surface area contributed by atoms with Crippen LogP contribution in [-0.4, -0.2) is 64.6 Å². The summed E-state index contributed by atoms with van der Waals surface area (Å²) in [6.45, 7) is 4.34. The largest absolute Gasteiger partial charge is 0.595 e. The number of carbonyl (C=O) groups is 2. The van der Waals surface area contributed by atoms with E-state index < -0.39 is 13.2 Å². The molecule has 2 amide bonds. The van der Waals surface area contributed by atoms with Gasteiger partial charge in [0.05, 0.1) is 33.0 Å². The van der Waals surface area contributed by atoms with Gasteiger partial charge in [-0.05, 0) is 0 Å². The molecule has 0 radical (unpaired) electrons. The molecule has 1 unspecified atom stereocenters. The maximum absolute atomic E-state index is 11.6. The second-order valence-corrected chi connectivity index (χ2v) is 6.49. The Bertz CT molecular complexity index is 388. The zero-order valence-electron chi connectivity index (χ0n) is 10.5. The van der Waals surface area contributed by atoms with E-state index in [9.17, 15) is 19.0 Å². The van der Waals surface area contributed by atoms with Gasteiger partial charge in [0.2, 0.25) is 17.0 Å². The summed E-state index contributed by atoms with van der Waals surface area (Å²) in [6.07, 6.45) is 0. The summed E-state index contributed by atoms with van der Waals surface area (Å²) in [4.78, 5) is 39.3. The highest BCUT2D eigenvalue weighted by Gasteiger charge is 2.54. The molecular weight excluding hydrogens is 257 g/mol. The van der Waals surface area contributed by atoms with Crippen LogP contribution in [-0.2, 0) is 14.2 Å². The summed E-state index contributed by atoms with van der Waals surface area (Å²) < 4.78 is 11.6. The predicted molar refractivity (Wildman–Crippen MR) is 61.6 cm³/mol. The molecule has 0 aromatic rings. The molecule has 0 aromatic carbocycles. The Labute approximate surface area is 106 Å². The third-order valence-corrected chi connectivity index (χ3v) is 4.71. The van der Waals surface area contributed by atoms with Crippen molar-refractivity contribution in [2.75, 3.05) is 33.0 Å². The molecule has 2 bridgehead atoms. The van der Waals surface area contributed by atoms with E-state index in [0.29, 0.717) is 19.9 Å². The molecule has 0 N–H and O–H groups in total. The number of hydrogen-bond donors (Lipinski definition) is 0. The van der Waals surface area contributed by atoms with Gasteiger partial charge in [0.1, 0.15) is 0 Å². The molecule has 1 atom stereocenters. The van der Waals surface area contributed by atoms with E-state index in [-0.39, 0.29) is 24.9 Å². The lowest BCUT2D eigenvalue weighted by molar-refractivity contribution is -0.178. The molecule has 0 aliphatic carbocycles. The van der Waals surface area contributed by atoms with Gasteiger partial charge in [0.15, 0.2) is 0 Å². The molecule has 2 aliphatic heterocycles. The molecule has 2 aliphatic rings. The second kappa shape index (κ2) is 4.57. The van der Waals surface area contributed by atoms with Crippen LogP contribution in [0.15, 0.2) is 0 Å². The third kappa shape index (κ3) is 2.25. The zero-order valence-corrected chi connectivity index (χ0v) is 11.4. The molecule has 0 aromatic heterocycles. The fourth-order valence-electron chi connectivity index (χ4n) is 2.60. The maximum Gasteiger partial charge on any atom is 0.320 e.